The molecular weight excluding hydrogens is 438 g/mol. The van der Waals surface area contributed by atoms with Crippen molar-refractivity contribution in [3.05, 3.63) is 100 Å². The van der Waals surface area contributed by atoms with Gasteiger partial charge in [0.25, 0.3) is 0 Å². The topological polar surface area (TPSA) is 55.8 Å². The highest BCUT2D eigenvalue weighted by molar-refractivity contribution is 6.08. The van der Waals surface area contributed by atoms with Crippen LogP contribution in [0.15, 0.2) is 78.0 Å². The Balaban J connectivity index is 1.50. The van der Waals surface area contributed by atoms with E-state index in [-0.39, 0.29) is 36.7 Å². The third-order valence-electron chi connectivity index (χ3n) is 7.26. The second-order valence-corrected chi connectivity index (χ2v) is 9.74. The minimum atomic E-state index is -0.293. The van der Waals surface area contributed by atoms with Crippen LogP contribution in [0.3, 0.4) is 0 Å². The van der Waals surface area contributed by atoms with Gasteiger partial charge in [-0.2, -0.15) is 0 Å². The Kier molecular flexibility index (Phi) is 5.21. The van der Waals surface area contributed by atoms with E-state index in [1.165, 1.54) is 0 Å². The molecular formula is C30H27NO4. The Hall–Kier alpha value is -3.86. The van der Waals surface area contributed by atoms with Crippen LogP contribution in [0.1, 0.15) is 53.4 Å². The fourth-order valence-electron chi connectivity index (χ4n) is 5.79. The number of amides is 1. The van der Waals surface area contributed by atoms with Gasteiger partial charge in [0, 0.05) is 35.7 Å². The quantitative estimate of drug-likeness (QED) is 0.479. The van der Waals surface area contributed by atoms with Crippen LogP contribution in [-0.4, -0.2) is 18.5 Å². The number of hydrogen-bond acceptors (Lipinski definition) is 4. The molecule has 0 saturated heterocycles. The van der Waals surface area contributed by atoms with Gasteiger partial charge in [-0.05, 0) is 72.7 Å². The molecule has 2 atom stereocenters. The van der Waals surface area contributed by atoms with Crippen molar-refractivity contribution < 1.29 is 19.1 Å². The van der Waals surface area contributed by atoms with Gasteiger partial charge in [0.1, 0.15) is 0 Å². The summed E-state index contributed by atoms with van der Waals surface area (Å²) >= 11 is 0. The van der Waals surface area contributed by atoms with Crippen molar-refractivity contribution in [3.8, 4) is 11.5 Å². The molecule has 3 aromatic rings. The van der Waals surface area contributed by atoms with Crippen molar-refractivity contribution in [2.45, 2.75) is 44.9 Å². The number of Topliss-reactive ketones (excluding diaryl/α,β-unsaturated/α-hetero) is 1. The van der Waals surface area contributed by atoms with Crippen LogP contribution < -0.4 is 14.4 Å². The number of benzene rings is 3. The average Bonchev–Trinajstić information content (AvgIpc) is 3.31. The molecule has 0 N–H and O–H groups in total. The van der Waals surface area contributed by atoms with E-state index >= 15 is 0 Å². The van der Waals surface area contributed by atoms with E-state index in [0.717, 1.165) is 39.2 Å². The number of hydrogen-bond donors (Lipinski definition) is 0. The van der Waals surface area contributed by atoms with Crippen molar-refractivity contribution in [1.29, 1.82) is 0 Å². The zero-order valence-electron chi connectivity index (χ0n) is 19.9. The summed E-state index contributed by atoms with van der Waals surface area (Å²) < 4.78 is 11.1. The highest BCUT2D eigenvalue weighted by Gasteiger charge is 2.42. The summed E-state index contributed by atoms with van der Waals surface area (Å²) in [6.45, 7) is 4.26. The molecule has 3 aliphatic rings. The predicted molar refractivity (Wildman–Crippen MR) is 134 cm³/mol. The van der Waals surface area contributed by atoms with Crippen molar-refractivity contribution in [2.75, 3.05) is 11.7 Å². The van der Waals surface area contributed by atoms with E-state index in [9.17, 15) is 9.59 Å². The predicted octanol–water partition coefficient (Wildman–Crippen LogP) is 5.95. The Labute approximate surface area is 205 Å². The molecule has 2 aliphatic heterocycles. The molecule has 35 heavy (non-hydrogen) atoms. The zero-order valence-corrected chi connectivity index (χ0v) is 19.9. The SMILES string of the molecule is Cc1cc(C)cc(N2C(=O)CC(c3ccc4c(c3)OCO4)C3=C2CC(c2ccccc2)CC3=O)c1. The first-order chi connectivity index (χ1) is 17.0. The fourth-order valence-corrected chi connectivity index (χ4v) is 5.79. The molecule has 6 rings (SSSR count). The second kappa shape index (κ2) is 8.42. The molecule has 0 radical (unpaired) electrons. The molecule has 1 aliphatic carbocycles. The largest absolute Gasteiger partial charge is 0.454 e. The Bertz CT molecular complexity index is 1350. The van der Waals surface area contributed by atoms with Gasteiger partial charge < -0.3 is 9.47 Å². The van der Waals surface area contributed by atoms with Crippen molar-refractivity contribution in [2.24, 2.45) is 0 Å². The van der Waals surface area contributed by atoms with Crippen LogP contribution in [0.25, 0.3) is 0 Å². The normalized spacial score (nSPS) is 21.4. The number of aryl methyl sites for hydroxylation is 2. The van der Waals surface area contributed by atoms with E-state index in [1.807, 2.05) is 67.3 Å². The zero-order chi connectivity index (χ0) is 24.1. The lowest BCUT2D eigenvalue weighted by Crippen LogP contribution is -2.41. The maximum Gasteiger partial charge on any atom is 0.232 e. The molecule has 0 fully saturated rings. The molecule has 0 bridgehead atoms. The lowest BCUT2D eigenvalue weighted by Gasteiger charge is -2.40. The number of rotatable bonds is 3. The van der Waals surface area contributed by atoms with Crippen LogP contribution in [-0.2, 0) is 9.59 Å². The molecule has 3 aromatic carbocycles. The van der Waals surface area contributed by atoms with Crippen molar-refractivity contribution in [3.63, 3.8) is 0 Å². The molecule has 0 saturated carbocycles. The van der Waals surface area contributed by atoms with Gasteiger partial charge >= 0.3 is 0 Å². The lowest BCUT2D eigenvalue weighted by molar-refractivity contribution is -0.120. The maximum atomic E-state index is 13.8. The molecule has 2 heterocycles. The van der Waals surface area contributed by atoms with Gasteiger partial charge in [-0.25, -0.2) is 0 Å². The highest BCUT2D eigenvalue weighted by Crippen LogP contribution is 2.48. The maximum absolute atomic E-state index is 13.8. The summed E-state index contributed by atoms with van der Waals surface area (Å²) in [4.78, 5) is 29.4. The van der Waals surface area contributed by atoms with Crippen molar-refractivity contribution in [1.82, 2.24) is 0 Å². The molecule has 2 unspecified atom stereocenters. The number of carbonyl (C=O) groups is 2. The number of ketones is 1. The Morgan fingerprint density at radius 1 is 0.771 bits per heavy atom. The highest BCUT2D eigenvalue weighted by atomic mass is 16.7. The van der Waals surface area contributed by atoms with Crippen LogP contribution in [0.4, 0.5) is 5.69 Å². The van der Waals surface area contributed by atoms with Crippen LogP contribution in [0.2, 0.25) is 0 Å². The number of nitrogens with zero attached hydrogens (tertiary/aromatic N) is 1. The van der Waals surface area contributed by atoms with Crippen LogP contribution >= 0.6 is 0 Å². The molecule has 5 nitrogen and oxygen atoms in total. The molecule has 1 amide bonds. The summed E-state index contributed by atoms with van der Waals surface area (Å²) in [5.74, 6) is 1.24. The number of anilines is 1. The fraction of sp³-hybridized carbons (Fsp3) is 0.267. The first kappa shape index (κ1) is 21.7. The first-order valence-corrected chi connectivity index (χ1v) is 12.1. The minimum absolute atomic E-state index is 0.0120. The molecule has 5 heteroatoms. The Morgan fingerprint density at radius 2 is 1.51 bits per heavy atom. The summed E-state index contributed by atoms with van der Waals surface area (Å²) in [6, 6.07) is 22.1. The van der Waals surface area contributed by atoms with Gasteiger partial charge in [0.05, 0.1) is 0 Å². The number of fused-ring (bicyclic) bond motifs is 1. The van der Waals surface area contributed by atoms with Gasteiger partial charge in [0.2, 0.25) is 12.7 Å². The van der Waals surface area contributed by atoms with Gasteiger partial charge in [-0.1, -0.05) is 42.5 Å². The Morgan fingerprint density at radius 3 is 2.29 bits per heavy atom. The third-order valence-corrected chi connectivity index (χ3v) is 7.26. The van der Waals surface area contributed by atoms with E-state index in [2.05, 4.69) is 18.2 Å². The summed E-state index contributed by atoms with van der Waals surface area (Å²) in [6.07, 6.45) is 1.33. The standard InChI is InChI=1S/C30H27NO4/c1-18-10-19(2)12-23(11-18)31-25-13-22(20-6-4-3-5-7-20)14-26(32)30(25)24(16-29(31)33)21-8-9-27-28(15-21)35-17-34-27/h3-12,15,22,24H,13-14,16-17H2,1-2H3. The monoisotopic (exact) mass is 465 g/mol. The number of carbonyl (C=O) groups excluding carboxylic acids is 2. The summed E-state index contributed by atoms with van der Waals surface area (Å²) in [5.41, 5.74) is 6.66. The number of ether oxygens (including phenoxy) is 2. The van der Waals surface area contributed by atoms with Gasteiger partial charge in [0.15, 0.2) is 17.3 Å². The minimum Gasteiger partial charge on any atom is -0.454 e. The molecule has 0 aromatic heterocycles. The van der Waals surface area contributed by atoms with Gasteiger partial charge in [-0.15, -0.1) is 0 Å². The summed E-state index contributed by atoms with van der Waals surface area (Å²) in [5, 5.41) is 0. The average molecular weight is 466 g/mol. The third kappa shape index (κ3) is 3.81. The number of allylic oxidation sites excluding steroid dienone is 2. The van der Waals surface area contributed by atoms with E-state index < -0.39 is 0 Å². The molecule has 176 valence electrons. The van der Waals surface area contributed by atoms with E-state index in [4.69, 9.17) is 9.47 Å². The van der Waals surface area contributed by atoms with Gasteiger partial charge in [-0.3, -0.25) is 14.5 Å². The van der Waals surface area contributed by atoms with E-state index in [1.54, 1.807) is 0 Å². The smallest absolute Gasteiger partial charge is 0.232 e. The van der Waals surface area contributed by atoms with Crippen LogP contribution in [0.5, 0.6) is 11.5 Å². The van der Waals surface area contributed by atoms with E-state index in [0.29, 0.717) is 24.3 Å². The first-order valence-electron chi connectivity index (χ1n) is 12.1. The van der Waals surface area contributed by atoms with Crippen molar-refractivity contribution >= 4 is 17.4 Å². The summed E-state index contributed by atoms with van der Waals surface area (Å²) in [7, 11) is 0. The second-order valence-electron chi connectivity index (χ2n) is 9.74. The molecule has 0 spiro atoms. The van der Waals surface area contributed by atoms with Crippen LogP contribution in [0, 0.1) is 13.8 Å². The lowest BCUT2D eigenvalue weighted by atomic mass is 9.72.